The summed E-state index contributed by atoms with van der Waals surface area (Å²) in [6.07, 6.45) is 17.6. The van der Waals surface area contributed by atoms with Gasteiger partial charge in [-0.3, -0.25) is 11.3 Å². The fourth-order valence-electron chi connectivity index (χ4n) is 3.12. The van der Waals surface area contributed by atoms with Crippen molar-refractivity contribution in [3.05, 3.63) is 0 Å². The summed E-state index contributed by atoms with van der Waals surface area (Å²) in [5.74, 6) is 5.67. The second kappa shape index (κ2) is 12.6. The van der Waals surface area contributed by atoms with Crippen LogP contribution in [0.4, 0.5) is 0 Å². The molecule has 3 N–H and O–H groups in total. The number of ether oxygens (including phenoxy) is 1. The maximum absolute atomic E-state index is 5.67. The van der Waals surface area contributed by atoms with E-state index in [-0.39, 0.29) is 0 Å². The van der Waals surface area contributed by atoms with Gasteiger partial charge in [0, 0.05) is 12.6 Å². The molecule has 0 bridgehead atoms. The fraction of sp³-hybridized carbons (Fsp3) is 1.00. The molecule has 2 atom stereocenters. The van der Waals surface area contributed by atoms with E-state index >= 15 is 0 Å². The van der Waals surface area contributed by atoms with Crippen molar-refractivity contribution >= 4 is 0 Å². The second-order valence-electron chi connectivity index (χ2n) is 6.34. The van der Waals surface area contributed by atoms with Crippen molar-refractivity contribution in [2.24, 2.45) is 5.84 Å². The Morgan fingerprint density at radius 3 is 2.40 bits per heavy atom. The minimum absolute atomic E-state index is 0.507. The van der Waals surface area contributed by atoms with Crippen LogP contribution in [0.1, 0.15) is 90.4 Å². The van der Waals surface area contributed by atoms with Gasteiger partial charge in [0.15, 0.2) is 0 Å². The third kappa shape index (κ3) is 8.93. The smallest absolute Gasteiger partial charge is 0.0576 e. The second-order valence-corrected chi connectivity index (χ2v) is 6.34. The van der Waals surface area contributed by atoms with E-state index in [0.717, 1.165) is 6.61 Å². The molecular weight excluding hydrogens is 248 g/mol. The van der Waals surface area contributed by atoms with Gasteiger partial charge in [-0.1, -0.05) is 51.9 Å². The van der Waals surface area contributed by atoms with E-state index in [1.807, 2.05) is 0 Å². The molecule has 0 aromatic heterocycles. The molecule has 1 fully saturated rings. The lowest BCUT2D eigenvalue weighted by atomic mass is 10.00. The summed E-state index contributed by atoms with van der Waals surface area (Å²) in [6, 6.07) is 0.507. The molecule has 1 aliphatic rings. The van der Waals surface area contributed by atoms with Crippen LogP contribution in [0.5, 0.6) is 0 Å². The Bertz CT molecular complexity index is 205. The zero-order valence-electron chi connectivity index (χ0n) is 13.5. The monoisotopic (exact) mass is 284 g/mol. The van der Waals surface area contributed by atoms with Crippen molar-refractivity contribution in [1.29, 1.82) is 0 Å². The number of rotatable bonds is 13. The lowest BCUT2D eigenvalue weighted by molar-refractivity contribution is 0.101. The summed E-state index contributed by atoms with van der Waals surface area (Å²) in [5.41, 5.74) is 3.00. The number of hydrazine groups is 1. The zero-order chi connectivity index (χ0) is 14.5. The van der Waals surface area contributed by atoms with Crippen molar-refractivity contribution in [2.45, 2.75) is 103 Å². The fourth-order valence-corrected chi connectivity index (χ4v) is 3.12. The van der Waals surface area contributed by atoms with E-state index in [9.17, 15) is 0 Å². The molecule has 1 saturated heterocycles. The highest BCUT2D eigenvalue weighted by molar-refractivity contribution is 4.69. The Labute approximate surface area is 126 Å². The topological polar surface area (TPSA) is 47.3 Å². The highest BCUT2D eigenvalue weighted by atomic mass is 16.5. The maximum atomic E-state index is 5.67. The van der Waals surface area contributed by atoms with Crippen LogP contribution in [0.2, 0.25) is 0 Å². The van der Waals surface area contributed by atoms with Crippen molar-refractivity contribution in [1.82, 2.24) is 5.43 Å². The summed E-state index contributed by atoms with van der Waals surface area (Å²) < 4.78 is 5.66. The van der Waals surface area contributed by atoms with Crippen molar-refractivity contribution in [3.63, 3.8) is 0 Å². The Balaban J connectivity index is 1.90. The molecule has 0 aromatic rings. The van der Waals surface area contributed by atoms with E-state index < -0.39 is 0 Å². The van der Waals surface area contributed by atoms with Crippen LogP contribution in [0.15, 0.2) is 0 Å². The Morgan fingerprint density at radius 2 is 1.75 bits per heavy atom. The van der Waals surface area contributed by atoms with Gasteiger partial charge in [0.25, 0.3) is 0 Å². The van der Waals surface area contributed by atoms with Gasteiger partial charge in [0.05, 0.1) is 6.10 Å². The van der Waals surface area contributed by atoms with Crippen LogP contribution < -0.4 is 11.3 Å². The van der Waals surface area contributed by atoms with Crippen LogP contribution in [0.3, 0.4) is 0 Å². The molecule has 3 heteroatoms. The summed E-state index contributed by atoms with van der Waals surface area (Å²) >= 11 is 0. The number of nitrogens with two attached hydrogens (primary N) is 1. The first-order valence-electron chi connectivity index (χ1n) is 8.94. The van der Waals surface area contributed by atoms with Crippen LogP contribution in [0, 0.1) is 0 Å². The summed E-state index contributed by atoms with van der Waals surface area (Å²) in [5, 5.41) is 0. The molecule has 2 unspecified atom stereocenters. The average Bonchev–Trinajstić information content (AvgIpc) is 2.97. The molecule has 1 heterocycles. The van der Waals surface area contributed by atoms with Gasteiger partial charge in [-0.05, 0) is 38.5 Å². The summed E-state index contributed by atoms with van der Waals surface area (Å²) in [4.78, 5) is 0. The van der Waals surface area contributed by atoms with Gasteiger partial charge >= 0.3 is 0 Å². The largest absolute Gasteiger partial charge is 0.378 e. The Hall–Kier alpha value is -0.120. The molecule has 0 aliphatic carbocycles. The maximum Gasteiger partial charge on any atom is 0.0576 e. The number of unbranched alkanes of at least 4 members (excludes halogenated alkanes) is 6. The molecule has 0 amide bonds. The predicted molar refractivity (Wildman–Crippen MR) is 86.5 cm³/mol. The molecule has 0 spiro atoms. The van der Waals surface area contributed by atoms with Crippen LogP contribution in [-0.4, -0.2) is 18.8 Å². The standard InChI is InChI=1S/C17H36N2O/c1-2-3-4-5-6-7-8-11-16(19-18)12-9-13-17-14-10-15-20-17/h16-17,19H,2-15,18H2,1H3. The minimum atomic E-state index is 0.507. The SMILES string of the molecule is CCCCCCCCCC(CCCC1CCCO1)NN. The number of hydrogen-bond acceptors (Lipinski definition) is 3. The minimum Gasteiger partial charge on any atom is -0.378 e. The third-order valence-electron chi connectivity index (χ3n) is 4.49. The highest BCUT2D eigenvalue weighted by Crippen LogP contribution is 2.19. The summed E-state index contributed by atoms with van der Waals surface area (Å²) in [6.45, 7) is 3.25. The van der Waals surface area contributed by atoms with E-state index in [1.54, 1.807) is 0 Å². The van der Waals surface area contributed by atoms with E-state index in [4.69, 9.17) is 10.6 Å². The first-order valence-corrected chi connectivity index (χ1v) is 8.94. The van der Waals surface area contributed by atoms with Crippen molar-refractivity contribution in [3.8, 4) is 0 Å². The molecule has 3 nitrogen and oxygen atoms in total. The Kier molecular flexibility index (Phi) is 11.3. The van der Waals surface area contributed by atoms with Gasteiger partial charge in [-0.15, -0.1) is 0 Å². The van der Waals surface area contributed by atoms with E-state index in [2.05, 4.69) is 12.3 Å². The van der Waals surface area contributed by atoms with Gasteiger partial charge < -0.3 is 4.74 Å². The molecule has 1 aliphatic heterocycles. The van der Waals surface area contributed by atoms with Crippen molar-refractivity contribution < 1.29 is 4.74 Å². The molecule has 0 saturated carbocycles. The van der Waals surface area contributed by atoms with Crippen LogP contribution in [-0.2, 0) is 4.74 Å². The van der Waals surface area contributed by atoms with Crippen LogP contribution in [0.25, 0.3) is 0 Å². The van der Waals surface area contributed by atoms with Gasteiger partial charge in [0.1, 0.15) is 0 Å². The normalized spacial score (nSPS) is 20.4. The van der Waals surface area contributed by atoms with Gasteiger partial charge in [-0.25, -0.2) is 0 Å². The van der Waals surface area contributed by atoms with E-state index in [0.29, 0.717) is 12.1 Å². The first kappa shape index (κ1) is 17.9. The van der Waals surface area contributed by atoms with E-state index in [1.165, 1.54) is 83.5 Å². The zero-order valence-corrected chi connectivity index (χ0v) is 13.5. The highest BCUT2D eigenvalue weighted by Gasteiger charge is 2.15. The molecule has 1 rings (SSSR count). The molecule has 20 heavy (non-hydrogen) atoms. The quantitative estimate of drug-likeness (QED) is 0.301. The van der Waals surface area contributed by atoms with Gasteiger partial charge in [0.2, 0.25) is 0 Å². The lowest BCUT2D eigenvalue weighted by Gasteiger charge is -2.17. The number of hydrogen-bond donors (Lipinski definition) is 2. The third-order valence-corrected chi connectivity index (χ3v) is 4.49. The number of nitrogens with one attached hydrogen (secondary N) is 1. The van der Waals surface area contributed by atoms with Crippen molar-refractivity contribution in [2.75, 3.05) is 6.61 Å². The summed E-state index contributed by atoms with van der Waals surface area (Å²) in [7, 11) is 0. The molecular formula is C17H36N2O. The van der Waals surface area contributed by atoms with Crippen LogP contribution >= 0.6 is 0 Å². The first-order chi connectivity index (χ1) is 9.86. The molecule has 0 radical (unpaired) electrons. The van der Waals surface area contributed by atoms with Gasteiger partial charge in [-0.2, -0.15) is 0 Å². The molecule has 120 valence electrons. The molecule has 0 aromatic carbocycles. The predicted octanol–water partition coefficient (Wildman–Crippen LogP) is 4.31. The average molecular weight is 284 g/mol. The lowest BCUT2D eigenvalue weighted by Crippen LogP contribution is -2.35. The Morgan fingerprint density at radius 1 is 1.05 bits per heavy atom.